The van der Waals surface area contributed by atoms with Crippen molar-refractivity contribution in [2.75, 3.05) is 25.1 Å². The molecule has 0 spiro atoms. The van der Waals surface area contributed by atoms with Crippen LogP contribution in [0.25, 0.3) is 0 Å². The number of anilines is 1. The van der Waals surface area contributed by atoms with Gasteiger partial charge in [0.2, 0.25) is 11.8 Å². The molecule has 0 radical (unpaired) electrons. The first-order chi connectivity index (χ1) is 23.6. The molecule has 9 nitrogen and oxygen atoms in total. The molecular formula is C37H39Cl2N3O6S. The Morgan fingerprint density at radius 3 is 2.14 bits per heavy atom. The van der Waals surface area contributed by atoms with Gasteiger partial charge in [0.25, 0.3) is 10.0 Å². The molecule has 49 heavy (non-hydrogen) atoms. The standard InChI is InChI=1S/C37H39Cl2N3O6S/c1-47-34-20-19-30(23-35(34)48-2)42(49(45,46)31-15-7-4-8-16-31)25-36(43)41(24-27-17-18-28(38)22-32(27)39)33(21-26-11-5-3-6-12-26)37(44)40-29-13-9-10-14-29/h3-8,11-12,15-20,22-23,29,33H,9-10,13-14,21,24-25H2,1-2H3,(H,40,44). The molecule has 1 N–H and O–H groups in total. The van der Waals surface area contributed by atoms with Crippen LogP contribution in [0.4, 0.5) is 5.69 Å². The number of hydrogen-bond acceptors (Lipinski definition) is 6. The van der Waals surface area contributed by atoms with E-state index >= 15 is 0 Å². The zero-order chi connectivity index (χ0) is 35.0. The third-order valence-electron chi connectivity index (χ3n) is 8.59. The fraction of sp³-hybridized carbons (Fsp3) is 0.297. The maximum absolute atomic E-state index is 14.8. The van der Waals surface area contributed by atoms with Gasteiger partial charge in [0.15, 0.2) is 11.5 Å². The Bertz CT molecular complexity index is 1850. The number of amides is 2. The quantitative estimate of drug-likeness (QED) is 0.152. The van der Waals surface area contributed by atoms with Crippen molar-refractivity contribution in [1.29, 1.82) is 0 Å². The number of hydrogen-bond donors (Lipinski definition) is 1. The number of nitrogens with zero attached hydrogens (tertiary/aromatic N) is 2. The molecule has 0 saturated heterocycles. The molecule has 12 heteroatoms. The number of carbonyl (C=O) groups is 2. The largest absolute Gasteiger partial charge is 0.493 e. The van der Waals surface area contributed by atoms with Crippen LogP contribution in [0, 0.1) is 0 Å². The van der Waals surface area contributed by atoms with Crippen molar-refractivity contribution in [3.05, 3.63) is 118 Å². The molecule has 1 unspecified atom stereocenters. The van der Waals surface area contributed by atoms with E-state index in [0.29, 0.717) is 21.4 Å². The topological polar surface area (TPSA) is 105 Å². The van der Waals surface area contributed by atoms with Gasteiger partial charge in [-0.3, -0.25) is 13.9 Å². The van der Waals surface area contributed by atoms with Gasteiger partial charge in [0.1, 0.15) is 12.6 Å². The van der Waals surface area contributed by atoms with E-state index < -0.39 is 28.5 Å². The number of carbonyl (C=O) groups excluding carboxylic acids is 2. The maximum Gasteiger partial charge on any atom is 0.264 e. The second-order valence-corrected chi connectivity index (χ2v) is 14.5. The van der Waals surface area contributed by atoms with E-state index in [1.807, 2.05) is 30.3 Å². The third kappa shape index (κ3) is 8.86. The normalized spacial score (nSPS) is 13.8. The van der Waals surface area contributed by atoms with Crippen molar-refractivity contribution < 1.29 is 27.5 Å². The summed E-state index contributed by atoms with van der Waals surface area (Å²) in [6, 6.07) is 25.8. The van der Waals surface area contributed by atoms with Crippen LogP contribution in [0.5, 0.6) is 11.5 Å². The van der Waals surface area contributed by atoms with Crippen LogP contribution in [0.1, 0.15) is 36.8 Å². The highest BCUT2D eigenvalue weighted by molar-refractivity contribution is 7.92. The van der Waals surface area contributed by atoms with E-state index in [-0.39, 0.29) is 41.2 Å². The maximum atomic E-state index is 14.8. The number of rotatable bonds is 14. The van der Waals surface area contributed by atoms with Gasteiger partial charge < -0.3 is 19.7 Å². The molecule has 1 atom stereocenters. The van der Waals surface area contributed by atoms with E-state index in [9.17, 15) is 18.0 Å². The fourth-order valence-corrected chi connectivity index (χ4v) is 7.88. The van der Waals surface area contributed by atoms with Crippen LogP contribution in [0.3, 0.4) is 0 Å². The summed E-state index contributed by atoms with van der Waals surface area (Å²) in [5, 5.41) is 3.89. The summed E-state index contributed by atoms with van der Waals surface area (Å²) in [6.07, 6.45) is 3.91. The smallest absolute Gasteiger partial charge is 0.264 e. The molecule has 4 aromatic carbocycles. The minimum Gasteiger partial charge on any atom is -0.493 e. The average Bonchev–Trinajstić information content (AvgIpc) is 3.63. The Kier molecular flexibility index (Phi) is 12.1. The molecule has 2 amide bonds. The predicted molar refractivity (Wildman–Crippen MR) is 192 cm³/mol. The molecule has 1 fully saturated rings. The summed E-state index contributed by atoms with van der Waals surface area (Å²) in [5.74, 6) is -0.260. The molecule has 5 rings (SSSR count). The Hall–Kier alpha value is -4.25. The van der Waals surface area contributed by atoms with Crippen LogP contribution < -0.4 is 19.1 Å². The predicted octanol–water partition coefficient (Wildman–Crippen LogP) is 6.90. The molecule has 1 aliphatic rings. The van der Waals surface area contributed by atoms with Gasteiger partial charge in [0, 0.05) is 35.1 Å². The first-order valence-corrected chi connectivity index (χ1v) is 18.2. The summed E-state index contributed by atoms with van der Waals surface area (Å²) >= 11 is 12.8. The van der Waals surface area contributed by atoms with Crippen molar-refractivity contribution in [2.24, 2.45) is 0 Å². The summed E-state index contributed by atoms with van der Waals surface area (Å²) in [5.41, 5.74) is 1.56. The van der Waals surface area contributed by atoms with Gasteiger partial charge >= 0.3 is 0 Å². The molecule has 1 saturated carbocycles. The summed E-state index contributed by atoms with van der Waals surface area (Å²) in [6.45, 7) is -0.699. The molecular weight excluding hydrogens is 685 g/mol. The van der Waals surface area contributed by atoms with E-state index in [1.54, 1.807) is 48.5 Å². The van der Waals surface area contributed by atoms with E-state index in [4.69, 9.17) is 32.7 Å². The number of ether oxygens (including phenoxy) is 2. The van der Waals surface area contributed by atoms with Crippen LogP contribution in [0.15, 0.2) is 102 Å². The summed E-state index contributed by atoms with van der Waals surface area (Å²) < 4.78 is 40.5. The number of sulfonamides is 1. The SMILES string of the molecule is COc1ccc(N(CC(=O)N(Cc2ccc(Cl)cc2Cl)C(Cc2ccccc2)C(=O)NC2CCCC2)S(=O)(=O)c2ccccc2)cc1OC. The molecule has 0 aromatic heterocycles. The average molecular weight is 725 g/mol. The number of benzene rings is 4. The monoisotopic (exact) mass is 723 g/mol. The zero-order valence-electron chi connectivity index (χ0n) is 27.4. The second-order valence-electron chi connectivity index (χ2n) is 11.8. The van der Waals surface area contributed by atoms with E-state index in [0.717, 1.165) is 35.6 Å². The van der Waals surface area contributed by atoms with Crippen LogP contribution in [0.2, 0.25) is 10.0 Å². The van der Waals surface area contributed by atoms with Gasteiger partial charge in [-0.1, -0.05) is 90.6 Å². The highest BCUT2D eigenvalue weighted by Gasteiger charge is 2.36. The Labute approximate surface area is 297 Å². The van der Waals surface area contributed by atoms with E-state index in [2.05, 4.69) is 5.32 Å². The Morgan fingerprint density at radius 2 is 1.51 bits per heavy atom. The summed E-state index contributed by atoms with van der Waals surface area (Å²) in [4.78, 5) is 30.3. The minimum atomic E-state index is -4.29. The molecule has 0 aliphatic heterocycles. The van der Waals surface area contributed by atoms with Crippen molar-refractivity contribution in [3.8, 4) is 11.5 Å². The number of methoxy groups -OCH3 is 2. The third-order valence-corrected chi connectivity index (χ3v) is 11.0. The molecule has 0 heterocycles. The van der Waals surface area contributed by atoms with Crippen LogP contribution in [-0.2, 0) is 32.6 Å². The molecule has 1 aliphatic carbocycles. The molecule has 258 valence electrons. The van der Waals surface area contributed by atoms with Gasteiger partial charge in [-0.2, -0.15) is 0 Å². The Morgan fingerprint density at radius 1 is 0.857 bits per heavy atom. The van der Waals surface area contributed by atoms with Gasteiger partial charge in [-0.05, 0) is 60.4 Å². The lowest BCUT2D eigenvalue weighted by Gasteiger charge is -2.34. The van der Waals surface area contributed by atoms with Crippen molar-refractivity contribution in [1.82, 2.24) is 10.2 Å². The lowest BCUT2D eigenvalue weighted by molar-refractivity contribution is -0.140. The second kappa shape index (κ2) is 16.4. The first kappa shape index (κ1) is 36.0. The van der Waals surface area contributed by atoms with Crippen molar-refractivity contribution in [3.63, 3.8) is 0 Å². The minimum absolute atomic E-state index is 0.00954. The molecule has 4 aromatic rings. The van der Waals surface area contributed by atoms with Gasteiger partial charge in [-0.15, -0.1) is 0 Å². The summed E-state index contributed by atoms with van der Waals surface area (Å²) in [7, 11) is -1.37. The molecule has 0 bridgehead atoms. The van der Waals surface area contributed by atoms with Crippen LogP contribution >= 0.6 is 23.2 Å². The zero-order valence-corrected chi connectivity index (χ0v) is 29.7. The van der Waals surface area contributed by atoms with Crippen molar-refractivity contribution >= 4 is 50.7 Å². The van der Waals surface area contributed by atoms with Gasteiger partial charge in [-0.25, -0.2) is 8.42 Å². The highest BCUT2D eigenvalue weighted by Crippen LogP contribution is 2.34. The van der Waals surface area contributed by atoms with Crippen molar-refractivity contribution in [2.45, 2.75) is 55.6 Å². The number of halogens is 2. The van der Waals surface area contributed by atoms with Crippen LogP contribution in [-0.4, -0.2) is 58.0 Å². The van der Waals surface area contributed by atoms with E-state index in [1.165, 1.54) is 37.3 Å². The highest BCUT2D eigenvalue weighted by atomic mass is 35.5. The fourth-order valence-electron chi connectivity index (χ4n) is 5.98. The number of nitrogens with one attached hydrogen (secondary N) is 1. The first-order valence-electron chi connectivity index (χ1n) is 16.0. The lowest BCUT2D eigenvalue weighted by atomic mass is 10.0. The lowest BCUT2D eigenvalue weighted by Crippen LogP contribution is -2.54. The Balaban J connectivity index is 1.60. The van der Waals surface area contributed by atoms with Gasteiger partial charge in [0.05, 0.1) is 24.8 Å².